The predicted octanol–water partition coefficient (Wildman–Crippen LogP) is 6.22. The van der Waals surface area contributed by atoms with E-state index in [1.807, 2.05) is 67.6 Å². The number of unbranched alkanes of at least 4 members (excludes halogenated alkanes) is 2. The number of rotatable bonds is 11. The molecule has 1 heterocycles. The Balaban J connectivity index is 1.28. The van der Waals surface area contributed by atoms with E-state index in [-0.39, 0.29) is 5.91 Å². The zero-order valence-corrected chi connectivity index (χ0v) is 20.2. The Morgan fingerprint density at radius 1 is 1.00 bits per heavy atom. The molecule has 4 aromatic rings. The van der Waals surface area contributed by atoms with Gasteiger partial charge in [-0.2, -0.15) is 0 Å². The molecule has 5 nitrogen and oxygen atoms in total. The molecule has 0 spiro atoms. The van der Waals surface area contributed by atoms with Crippen molar-refractivity contribution in [3.05, 3.63) is 94.8 Å². The van der Waals surface area contributed by atoms with Gasteiger partial charge in [-0.25, -0.2) is 4.98 Å². The van der Waals surface area contributed by atoms with E-state index in [9.17, 15) is 4.79 Å². The highest BCUT2D eigenvalue weighted by atomic mass is 35.5. The van der Waals surface area contributed by atoms with Gasteiger partial charge in [0.05, 0.1) is 17.6 Å². The van der Waals surface area contributed by atoms with Crippen molar-refractivity contribution < 1.29 is 9.53 Å². The number of ether oxygens (including phenoxy) is 1. The molecule has 6 heteroatoms. The lowest BCUT2D eigenvalue weighted by atomic mass is 10.1. The van der Waals surface area contributed by atoms with Crippen LogP contribution in [0.1, 0.15) is 41.0 Å². The molecule has 0 aliphatic carbocycles. The van der Waals surface area contributed by atoms with E-state index < -0.39 is 0 Å². The molecule has 34 heavy (non-hydrogen) atoms. The molecule has 3 aromatic carbocycles. The normalized spacial score (nSPS) is 11.0. The molecular formula is C28H30ClN3O2. The number of hydrogen-bond acceptors (Lipinski definition) is 3. The third-order valence-electron chi connectivity index (χ3n) is 5.85. The minimum Gasteiger partial charge on any atom is -0.492 e. The summed E-state index contributed by atoms with van der Waals surface area (Å²) in [7, 11) is 0. The third kappa shape index (κ3) is 6.17. The first-order chi connectivity index (χ1) is 16.6. The van der Waals surface area contributed by atoms with Gasteiger partial charge in [0.2, 0.25) is 0 Å². The first kappa shape index (κ1) is 23.8. The monoisotopic (exact) mass is 475 g/mol. The second kappa shape index (κ2) is 11.7. The molecule has 4 rings (SSSR count). The van der Waals surface area contributed by atoms with E-state index in [0.29, 0.717) is 18.7 Å². The number of para-hydroxylation sites is 2. The second-order valence-electron chi connectivity index (χ2n) is 8.36. The van der Waals surface area contributed by atoms with Crippen molar-refractivity contribution in [2.75, 3.05) is 13.2 Å². The van der Waals surface area contributed by atoms with Crippen LogP contribution >= 0.6 is 11.6 Å². The average Bonchev–Trinajstić information content (AvgIpc) is 3.21. The molecule has 0 aliphatic heterocycles. The Labute approximate surface area is 205 Å². The minimum atomic E-state index is -0.0155. The molecule has 0 saturated heterocycles. The van der Waals surface area contributed by atoms with E-state index in [1.165, 1.54) is 0 Å². The summed E-state index contributed by atoms with van der Waals surface area (Å²) in [4.78, 5) is 17.0. The lowest BCUT2D eigenvalue weighted by Crippen LogP contribution is -2.24. The number of fused-ring (bicyclic) bond motifs is 1. The summed E-state index contributed by atoms with van der Waals surface area (Å²) in [5.41, 5.74) is 3.85. The standard InChI is InChI=1S/C28H30ClN3O2/c1-21-20-23(15-16-24(21)29)34-19-18-32-26-13-8-7-12-25(26)31-27(32)14-6-3-9-17-30-28(33)22-10-4-2-5-11-22/h2,4-5,7-8,10-13,15-16,20H,3,6,9,14,17-19H2,1H3,(H,30,33). The summed E-state index contributed by atoms with van der Waals surface area (Å²) >= 11 is 6.12. The lowest BCUT2D eigenvalue weighted by Gasteiger charge is -2.12. The maximum Gasteiger partial charge on any atom is 0.251 e. The number of benzene rings is 3. The number of amides is 1. The van der Waals surface area contributed by atoms with Gasteiger partial charge in [-0.05, 0) is 67.8 Å². The van der Waals surface area contributed by atoms with E-state index >= 15 is 0 Å². The maximum absolute atomic E-state index is 12.1. The highest BCUT2D eigenvalue weighted by Crippen LogP contribution is 2.22. The van der Waals surface area contributed by atoms with Crippen molar-refractivity contribution in [2.45, 2.75) is 39.2 Å². The van der Waals surface area contributed by atoms with Crippen LogP contribution < -0.4 is 10.1 Å². The number of halogens is 1. The summed E-state index contributed by atoms with van der Waals surface area (Å²) in [6.45, 7) is 3.94. The van der Waals surface area contributed by atoms with Crippen LogP contribution in [0.2, 0.25) is 5.02 Å². The first-order valence-electron chi connectivity index (χ1n) is 11.8. The van der Waals surface area contributed by atoms with Crippen LogP contribution in [0.4, 0.5) is 0 Å². The van der Waals surface area contributed by atoms with Gasteiger partial charge in [-0.1, -0.05) is 48.4 Å². The van der Waals surface area contributed by atoms with Gasteiger partial charge in [0.1, 0.15) is 18.2 Å². The van der Waals surface area contributed by atoms with Crippen molar-refractivity contribution in [3.63, 3.8) is 0 Å². The molecule has 1 aromatic heterocycles. The molecule has 1 N–H and O–H groups in total. The highest BCUT2D eigenvalue weighted by molar-refractivity contribution is 6.31. The number of nitrogens with zero attached hydrogens (tertiary/aromatic N) is 2. The van der Waals surface area contributed by atoms with E-state index in [4.69, 9.17) is 21.3 Å². The molecule has 0 bridgehead atoms. The number of hydrogen-bond donors (Lipinski definition) is 1. The average molecular weight is 476 g/mol. The summed E-state index contributed by atoms with van der Waals surface area (Å²) in [5, 5.41) is 3.74. The molecule has 0 unspecified atom stereocenters. The van der Waals surface area contributed by atoms with Crippen LogP contribution in [0.5, 0.6) is 5.75 Å². The SMILES string of the molecule is Cc1cc(OCCn2c(CCCCCNC(=O)c3ccccc3)nc3ccccc32)ccc1Cl. The van der Waals surface area contributed by atoms with Crippen LogP contribution in [0, 0.1) is 6.92 Å². The summed E-state index contributed by atoms with van der Waals surface area (Å²) < 4.78 is 8.25. The van der Waals surface area contributed by atoms with Crippen molar-refractivity contribution in [3.8, 4) is 5.75 Å². The Morgan fingerprint density at radius 3 is 2.62 bits per heavy atom. The van der Waals surface area contributed by atoms with Gasteiger partial charge in [-0.15, -0.1) is 0 Å². The molecule has 0 fully saturated rings. The zero-order valence-electron chi connectivity index (χ0n) is 19.5. The van der Waals surface area contributed by atoms with Crippen molar-refractivity contribution in [2.24, 2.45) is 0 Å². The van der Waals surface area contributed by atoms with Crippen LogP contribution in [0.15, 0.2) is 72.8 Å². The molecule has 1 amide bonds. The maximum atomic E-state index is 12.1. The van der Waals surface area contributed by atoms with Crippen molar-refractivity contribution >= 4 is 28.5 Å². The molecule has 0 radical (unpaired) electrons. The number of imidazole rings is 1. The fourth-order valence-corrected chi connectivity index (χ4v) is 4.12. The van der Waals surface area contributed by atoms with Gasteiger partial charge in [0.25, 0.3) is 5.91 Å². The van der Waals surface area contributed by atoms with Gasteiger partial charge in [-0.3, -0.25) is 4.79 Å². The summed E-state index contributed by atoms with van der Waals surface area (Å²) in [6, 6.07) is 23.3. The van der Waals surface area contributed by atoms with Crippen molar-refractivity contribution in [1.29, 1.82) is 0 Å². The second-order valence-corrected chi connectivity index (χ2v) is 8.77. The van der Waals surface area contributed by atoms with Crippen LogP contribution in [-0.2, 0) is 13.0 Å². The summed E-state index contributed by atoms with van der Waals surface area (Å²) in [6.07, 6.45) is 3.87. The van der Waals surface area contributed by atoms with E-state index in [2.05, 4.69) is 22.0 Å². The fraction of sp³-hybridized carbons (Fsp3) is 0.286. The van der Waals surface area contributed by atoms with E-state index in [1.54, 1.807) is 0 Å². The third-order valence-corrected chi connectivity index (χ3v) is 6.27. The molecule has 176 valence electrons. The molecule has 0 saturated carbocycles. The van der Waals surface area contributed by atoms with Crippen molar-refractivity contribution in [1.82, 2.24) is 14.9 Å². The largest absolute Gasteiger partial charge is 0.492 e. The smallest absolute Gasteiger partial charge is 0.251 e. The Hall–Kier alpha value is -3.31. The number of aromatic nitrogens is 2. The first-order valence-corrected chi connectivity index (χ1v) is 12.2. The Kier molecular flexibility index (Phi) is 8.21. The van der Waals surface area contributed by atoms with Gasteiger partial charge in [0.15, 0.2) is 0 Å². The molecule has 0 atom stereocenters. The number of aryl methyl sites for hydroxylation is 2. The fourth-order valence-electron chi connectivity index (χ4n) is 4.01. The number of carbonyl (C=O) groups is 1. The molecular weight excluding hydrogens is 446 g/mol. The predicted molar refractivity (Wildman–Crippen MR) is 138 cm³/mol. The lowest BCUT2D eigenvalue weighted by molar-refractivity contribution is 0.0953. The van der Waals surface area contributed by atoms with Crippen LogP contribution in [0.25, 0.3) is 11.0 Å². The van der Waals surface area contributed by atoms with Gasteiger partial charge >= 0.3 is 0 Å². The molecule has 0 aliphatic rings. The van der Waals surface area contributed by atoms with Crippen LogP contribution in [-0.4, -0.2) is 28.6 Å². The number of nitrogens with one attached hydrogen (secondary N) is 1. The highest BCUT2D eigenvalue weighted by Gasteiger charge is 2.11. The number of carbonyl (C=O) groups excluding carboxylic acids is 1. The zero-order chi connectivity index (χ0) is 23.8. The quantitative estimate of drug-likeness (QED) is 0.262. The van der Waals surface area contributed by atoms with Crippen LogP contribution in [0.3, 0.4) is 0 Å². The van der Waals surface area contributed by atoms with E-state index in [0.717, 1.165) is 65.4 Å². The van der Waals surface area contributed by atoms with Gasteiger partial charge in [0, 0.05) is 23.6 Å². The topological polar surface area (TPSA) is 56.1 Å². The minimum absolute atomic E-state index is 0.0155. The van der Waals surface area contributed by atoms with Gasteiger partial charge < -0.3 is 14.6 Å². The summed E-state index contributed by atoms with van der Waals surface area (Å²) in [5.74, 6) is 1.88. The Bertz CT molecular complexity index is 1240. The Morgan fingerprint density at radius 2 is 1.79 bits per heavy atom.